The molecular formula is C17H17F2NO2. The molecule has 0 atom stereocenters. The standard InChI is InChI=1S/C17H17F2NO2/c1-20(10-9-12-5-3-4-6-16(12)22-2)17(21)13-7-8-14(18)15(19)11-13/h3-8,11H,9-10H2,1-2H3. The Balaban J connectivity index is 2.03. The van der Waals surface area contributed by atoms with E-state index in [2.05, 4.69) is 0 Å². The van der Waals surface area contributed by atoms with E-state index >= 15 is 0 Å². The van der Waals surface area contributed by atoms with Crippen molar-refractivity contribution < 1.29 is 18.3 Å². The molecule has 0 fully saturated rings. The highest BCUT2D eigenvalue weighted by atomic mass is 19.2. The summed E-state index contributed by atoms with van der Waals surface area (Å²) in [5.74, 6) is -1.58. The molecular weight excluding hydrogens is 288 g/mol. The maximum atomic E-state index is 13.2. The van der Waals surface area contributed by atoms with Crippen LogP contribution < -0.4 is 4.74 Å². The summed E-state index contributed by atoms with van der Waals surface area (Å²) in [5, 5.41) is 0. The average molecular weight is 305 g/mol. The molecule has 0 heterocycles. The Morgan fingerprint density at radius 2 is 1.86 bits per heavy atom. The molecule has 116 valence electrons. The summed E-state index contributed by atoms with van der Waals surface area (Å²) < 4.78 is 31.3. The maximum absolute atomic E-state index is 13.2. The molecule has 0 radical (unpaired) electrons. The lowest BCUT2D eigenvalue weighted by atomic mass is 10.1. The van der Waals surface area contributed by atoms with Gasteiger partial charge in [0.25, 0.3) is 5.91 Å². The number of para-hydroxylation sites is 1. The average Bonchev–Trinajstić information content (AvgIpc) is 2.54. The van der Waals surface area contributed by atoms with Crippen LogP contribution in [-0.2, 0) is 6.42 Å². The van der Waals surface area contributed by atoms with Gasteiger partial charge in [0, 0.05) is 19.2 Å². The van der Waals surface area contributed by atoms with Crippen LogP contribution in [-0.4, -0.2) is 31.5 Å². The number of benzene rings is 2. The molecule has 0 bridgehead atoms. The molecule has 0 aliphatic heterocycles. The Morgan fingerprint density at radius 1 is 1.14 bits per heavy atom. The van der Waals surface area contributed by atoms with E-state index in [0.29, 0.717) is 13.0 Å². The van der Waals surface area contributed by atoms with Gasteiger partial charge in [0.05, 0.1) is 7.11 Å². The van der Waals surface area contributed by atoms with Crippen LogP contribution in [0.2, 0.25) is 0 Å². The van der Waals surface area contributed by atoms with Crippen LogP contribution in [0.15, 0.2) is 42.5 Å². The van der Waals surface area contributed by atoms with Gasteiger partial charge in [-0.1, -0.05) is 18.2 Å². The van der Waals surface area contributed by atoms with Crippen molar-refractivity contribution in [3.05, 3.63) is 65.2 Å². The van der Waals surface area contributed by atoms with E-state index in [-0.39, 0.29) is 11.5 Å². The number of nitrogens with zero attached hydrogens (tertiary/aromatic N) is 1. The zero-order valence-corrected chi connectivity index (χ0v) is 12.5. The van der Waals surface area contributed by atoms with Crippen molar-refractivity contribution >= 4 is 5.91 Å². The predicted molar refractivity (Wildman–Crippen MR) is 80.0 cm³/mol. The molecule has 0 aliphatic carbocycles. The molecule has 0 unspecified atom stereocenters. The van der Waals surface area contributed by atoms with Gasteiger partial charge in [-0.25, -0.2) is 8.78 Å². The van der Waals surface area contributed by atoms with Crippen LogP contribution in [0.4, 0.5) is 8.78 Å². The zero-order chi connectivity index (χ0) is 16.1. The van der Waals surface area contributed by atoms with Crippen molar-refractivity contribution in [3.63, 3.8) is 0 Å². The van der Waals surface area contributed by atoms with Gasteiger partial charge in [-0.3, -0.25) is 4.79 Å². The third-order valence-electron chi connectivity index (χ3n) is 3.42. The number of hydrogen-bond acceptors (Lipinski definition) is 2. The number of carbonyl (C=O) groups excluding carboxylic acids is 1. The lowest BCUT2D eigenvalue weighted by Crippen LogP contribution is -2.29. The molecule has 0 saturated heterocycles. The summed E-state index contributed by atoms with van der Waals surface area (Å²) in [6, 6.07) is 10.7. The zero-order valence-electron chi connectivity index (χ0n) is 12.5. The first-order valence-corrected chi connectivity index (χ1v) is 6.85. The van der Waals surface area contributed by atoms with Gasteiger partial charge in [-0.15, -0.1) is 0 Å². The van der Waals surface area contributed by atoms with E-state index in [9.17, 15) is 13.6 Å². The monoisotopic (exact) mass is 305 g/mol. The molecule has 3 nitrogen and oxygen atoms in total. The number of halogens is 2. The number of rotatable bonds is 5. The molecule has 2 rings (SSSR count). The van der Waals surface area contributed by atoms with Crippen LogP contribution in [0.5, 0.6) is 5.75 Å². The van der Waals surface area contributed by atoms with Crippen molar-refractivity contribution in [2.75, 3.05) is 20.7 Å². The number of methoxy groups -OCH3 is 1. The highest BCUT2D eigenvalue weighted by molar-refractivity contribution is 5.94. The number of amides is 1. The maximum Gasteiger partial charge on any atom is 0.253 e. The predicted octanol–water partition coefficient (Wildman–Crippen LogP) is 3.29. The fourth-order valence-corrected chi connectivity index (χ4v) is 2.15. The summed E-state index contributed by atoms with van der Waals surface area (Å²) >= 11 is 0. The third-order valence-corrected chi connectivity index (χ3v) is 3.42. The Morgan fingerprint density at radius 3 is 2.55 bits per heavy atom. The second kappa shape index (κ2) is 7.02. The van der Waals surface area contributed by atoms with Crippen molar-refractivity contribution in [3.8, 4) is 5.75 Å². The molecule has 22 heavy (non-hydrogen) atoms. The van der Waals surface area contributed by atoms with E-state index in [1.54, 1.807) is 14.2 Å². The summed E-state index contributed by atoms with van der Waals surface area (Å²) in [4.78, 5) is 13.7. The summed E-state index contributed by atoms with van der Waals surface area (Å²) in [6.07, 6.45) is 0.607. The van der Waals surface area contributed by atoms with E-state index in [0.717, 1.165) is 23.4 Å². The van der Waals surface area contributed by atoms with Gasteiger partial charge >= 0.3 is 0 Å². The summed E-state index contributed by atoms with van der Waals surface area (Å²) in [7, 11) is 3.22. The molecule has 2 aromatic rings. The fraction of sp³-hybridized carbons (Fsp3) is 0.235. The largest absolute Gasteiger partial charge is 0.496 e. The van der Waals surface area contributed by atoms with Crippen LogP contribution >= 0.6 is 0 Å². The lowest BCUT2D eigenvalue weighted by Gasteiger charge is -2.18. The van der Waals surface area contributed by atoms with Gasteiger partial charge in [0.2, 0.25) is 0 Å². The van der Waals surface area contributed by atoms with Crippen LogP contribution in [0.1, 0.15) is 15.9 Å². The fourth-order valence-electron chi connectivity index (χ4n) is 2.15. The third kappa shape index (κ3) is 3.61. The van der Waals surface area contributed by atoms with Crippen molar-refractivity contribution in [1.82, 2.24) is 4.90 Å². The molecule has 2 aromatic carbocycles. The van der Waals surface area contributed by atoms with Gasteiger partial charge < -0.3 is 9.64 Å². The molecule has 0 saturated carbocycles. The second-order valence-corrected chi connectivity index (χ2v) is 4.92. The highest BCUT2D eigenvalue weighted by Gasteiger charge is 2.14. The van der Waals surface area contributed by atoms with Crippen molar-refractivity contribution in [2.24, 2.45) is 0 Å². The minimum atomic E-state index is -1.02. The van der Waals surface area contributed by atoms with E-state index in [1.165, 1.54) is 11.0 Å². The quantitative estimate of drug-likeness (QED) is 0.848. The first-order chi connectivity index (χ1) is 10.5. The number of likely N-dealkylation sites (N-methyl/N-ethyl adjacent to an activating group) is 1. The van der Waals surface area contributed by atoms with E-state index < -0.39 is 11.6 Å². The minimum absolute atomic E-state index is 0.126. The topological polar surface area (TPSA) is 29.5 Å². The van der Waals surface area contributed by atoms with Crippen LogP contribution in [0.3, 0.4) is 0 Å². The van der Waals surface area contributed by atoms with Crippen LogP contribution in [0, 0.1) is 11.6 Å². The van der Waals surface area contributed by atoms with Gasteiger partial charge in [-0.2, -0.15) is 0 Å². The minimum Gasteiger partial charge on any atom is -0.496 e. The molecule has 0 spiro atoms. The molecule has 0 aromatic heterocycles. The summed E-state index contributed by atoms with van der Waals surface area (Å²) in [6.45, 7) is 0.443. The van der Waals surface area contributed by atoms with Gasteiger partial charge in [0.1, 0.15) is 5.75 Å². The van der Waals surface area contributed by atoms with Gasteiger partial charge in [-0.05, 0) is 36.2 Å². The number of carbonyl (C=O) groups is 1. The van der Waals surface area contributed by atoms with E-state index in [4.69, 9.17) is 4.74 Å². The molecule has 5 heteroatoms. The Bertz CT molecular complexity index is 673. The number of hydrogen-bond donors (Lipinski definition) is 0. The van der Waals surface area contributed by atoms with Crippen molar-refractivity contribution in [1.29, 1.82) is 0 Å². The Labute approximate surface area is 128 Å². The van der Waals surface area contributed by atoms with Crippen LogP contribution in [0.25, 0.3) is 0 Å². The van der Waals surface area contributed by atoms with Crippen molar-refractivity contribution in [2.45, 2.75) is 6.42 Å². The summed E-state index contributed by atoms with van der Waals surface area (Å²) in [5.41, 5.74) is 1.11. The molecule has 0 N–H and O–H groups in total. The Hall–Kier alpha value is -2.43. The lowest BCUT2D eigenvalue weighted by molar-refractivity contribution is 0.0795. The highest BCUT2D eigenvalue weighted by Crippen LogP contribution is 2.18. The normalized spacial score (nSPS) is 10.4. The SMILES string of the molecule is COc1ccccc1CCN(C)C(=O)c1ccc(F)c(F)c1. The smallest absolute Gasteiger partial charge is 0.253 e. The Kier molecular flexibility index (Phi) is 5.09. The van der Waals surface area contributed by atoms with Gasteiger partial charge in [0.15, 0.2) is 11.6 Å². The molecule has 1 amide bonds. The second-order valence-electron chi connectivity index (χ2n) is 4.92. The number of ether oxygens (including phenoxy) is 1. The van der Waals surface area contributed by atoms with E-state index in [1.807, 2.05) is 24.3 Å². The first-order valence-electron chi connectivity index (χ1n) is 6.85. The first kappa shape index (κ1) is 15.9. The molecule has 0 aliphatic rings.